The van der Waals surface area contributed by atoms with E-state index < -0.39 is 12.3 Å². The number of aliphatic hydroxyl groups is 1. The number of thioether (sulfide) groups is 1. The molecule has 1 amide bonds. The van der Waals surface area contributed by atoms with Crippen LogP contribution in [0, 0.1) is 5.92 Å². The minimum atomic E-state index is -1.02. The van der Waals surface area contributed by atoms with Crippen molar-refractivity contribution in [3.63, 3.8) is 0 Å². The first-order valence-corrected chi connectivity index (χ1v) is 15.1. The van der Waals surface area contributed by atoms with E-state index in [2.05, 4.69) is 23.3 Å². The first-order chi connectivity index (χ1) is 20.8. The van der Waals surface area contributed by atoms with Crippen LogP contribution in [0.4, 0.5) is 0 Å². The van der Waals surface area contributed by atoms with Gasteiger partial charge in [0.15, 0.2) is 6.29 Å². The van der Waals surface area contributed by atoms with Crippen LogP contribution in [0.2, 0.25) is 0 Å². The number of rotatable bonds is 10. The highest BCUT2D eigenvalue weighted by Gasteiger charge is 2.38. The molecule has 1 aromatic heterocycles. The normalized spacial score (nSPS) is 20.0. The molecule has 5 rings (SSSR count). The predicted molar refractivity (Wildman–Crippen MR) is 164 cm³/mol. The number of aromatic nitrogens is 1. The van der Waals surface area contributed by atoms with E-state index in [0.29, 0.717) is 17.3 Å². The van der Waals surface area contributed by atoms with Gasteiger partial charge < -0.3 is 25.0 Å². The number of nitrogens with one attached hydrogen (secondary N) is 1. The molecule has 1 aliphatic rings. The van der Waals surface area contributed by atoms with Crippen LogP contribution in [-0.4, -0.2) is 38.9 Å². The predicted octanol–water partition coefficient (Wildman–Crippen LogP) is 6.16. The Bertz CT molecular complexity index is 1560. The Morgan fingerprint density at radius 3 is 2.35 bits per heavy atom. The molecule has 0 unspecified atom stereocenters. The van der Waals surface area contributed by atoms with Crippen LogP contribution in [0.5, 0.6) is 0 Å². The van der Waals surface area contributed by atoms with Crippen LogP contribution >= 0.6 is 11.8 Å². The third kappa shape index (κ3) is 7.50. The monoisotopic (exact) mass is 598 g/mol. The van der Waals surface area contributed by atoms with Gasteiger partial charge in [0.25, 0.3) is 0 Å². The van der Waals surface area contributed by atoms with Crippen molar-refractivity contribution in [3.8, 4) is 11.1 Å². The summed E-state index contributed by atoms with van der Waals surface area (Å²) in [6.45, 7) is 4.00. The number of carbonyl (C=O) groups excluding carboxylic acids is 1. The summed E-state index contributed by atoms with van der Waals surface area (Å²) in [5.74, 6) is -0.649. The minimum Gasteiger partial charge on any atom is -0.478 e. The van der Waals surface area contributed by atoms with E-state index in [1.165, 1.54) is 18.7 Å². The second kappa shape index (κ2) is 14.0. The van der Waals surface area contributed by atoms with Gasteiger partial charge in [-0.1, -0.05) is 73.7 Å². The molecule has 222 valence electrons. The highest BCUT2D eigenvalue weighted by Crippen LogP contribution is 2.43. The second-order valence-electron chi connectivity index (χ2n) is 10.5. The van der Waals surface area contributed by atoms with Crippen LogP contribution in [0.15, 0.2) is 96.2 Å². The first kappa shape index (κ1) is 30.4. The molecular weight excluding hydrogens is 564 g/mol. The number of carboxylic acid groups (broad SMARTS) is 1. The van der Waals surface area contributed by atoms with Crippen LogP contribution in [-0.2, 0) is 27.4 Å². The van der Waals surface area contributed by atoms with Crippen molar-refractivity contribution in [2.24, 2.45) is 5.92 Å². The van der Waals surface area contributed by atoms with Gasteiger partial charge in [0.1, 0.15) is 5.03 Å². The lowest BCUT2D eigenvalue weighted by molar-refractivity contribution is -0.268. The lowest BCUT2D eigenvalue weighted by Crippen LogP contribution is -2.38. The van der Waals surface area contributed by atoms with E-state index in [1.807, 2.05) is 66.7 Å². The van der Waals surface area contributed by atoms with Crippen molar-refractivity contribution in [2.75, 3.05) is 5.75 Å². The number of carboxylic acids is 1. The number of carbonyl (C=O) groups is 2. The summed E-state index contributed by atoms with van der Waals surface area (Å²) in [5.41, 5.74) is 5.90. The average Bonchev–Trinajstić information content (AvgIpc) is 3.03. The number of aromatic carboxylic acids is 1. The van der Waals surface area contributed by atoms with Crippen molar-refractivity contribution in [1.29, 1.82) is 0 Å². The standard InChI is InChI=1S/C34H34N2O6S/c1-21-30(20-43-32-29(33(39)40)7-4-16-35-32)41-34(42-31(21)26-10-8-23(19-37)9-11-26)27-14-12-25(13-15-27)28-6-3-5-24(17-28)18-36-22(2)38/h3-17,21,30-31,34,37H,18-20H2,1-2H3,(H,36,38)(H,39,40)/t21-,30+,31+,34+/m0/s1. The van der Waals surface area contributed by atoms with Crippen molar-refractivity contribution in [1.82, 2.24) is 10.3 Å². The van der Waals surface area contributed by atoms with Crippen molar-refractivity contribution < 1.29 is 29.3 Å². The highest BCUT2D eigenvalue weighted by atomic mass is 32.2. The molecule has 3 N–H and O–H groups in total. The quantitative estimate of drug-likeness (QED) is 0.186. The number of hydrogen-bond acceptors (Lipinski definition) is 7. The Kier molecular flexibility index (Phi) is 9.89. The summed E-state index contributed by atoms with van der Waals surface area (Å²) in [4.78, 5) is 27.4. The lowest BCUT2D eigenvalue weighted by Gasteiger charge is -2.41. The second-order valence-corrected chi connectivity index (χ2v) is 11.5. The lowest BCUT2D eigenvalue weighted by atomic mass is 9.91. The van der Waals surface area contributed by atoms with Gasteiger partial charge in [0, 0.05) is 36.9 Å². The fourth-order valence-corrected chi connectivity index (χ4v) is 6.21. The fourth-order valence-electron chi connectivity index (χ4n) is 5.06. The topological polar surface area (TPSA) is 118 Å². The molecule has 0 radical (unpaired) electrons. The molecular formula is C34H34N2O6S. The van der Waals surface area contributed by atoms with Gasteiger partial charge >= 0.3 is 5.97 Å². The number of amides is 1. The third-order valence-corrected chi connectivity index (χ3v) is 8.59. The largest absolute Gasteiger partial charge is 0.478 e. The average molecular weight is 599 g/mol. The number of benzene rings is 3. The van der Waals surface area contributed by atoms with Gasteiger partial charge in [-0.15, -0.1) is 11.8 Å². The summed E-state index contributed by atoms with van der Waals surface area (Å²) in [5, 5.41) is 22.4. The van der Waals surface area contributed by atoms with E-state index in [9.17, 15) is 19.8 Å². The van der Waals surface area contributed by atoms with Gasteiger partial charge in [-0.3, -0.25) is 4.79 Å². The van der Waals surface area contributed by atoms with Crippen LogP contribution in [0.3, 0.4) is 0 Å². The number of pyridine rings is 1. The first-order valence-electron chi connectivity index (χ1n) is 14.1. The summed E-state index contributed by atoms with van der Waals surface area (Å²) >= 11 is 1.36. The molecule has 9 heteroatoms. The number of nitrogens with zero attached hydrogens (tertiary/aromatic N) is 1. The summed E-state index contributed by atoms with van der Waals surface area (Å²) in [6.07, 6.45) is 0.395. The molecule has 2 heterocycles. The van der Waals surface area contributed by atoms with Gasteiger partial charge in [-0.25, -0.2) is 9.78 Å². The van der Waals surface area contributed by atoms with Crippen molar-refractivity contribution >= 4 is 23.6 Å². The SMILES string of the molecule is CC(=O)NCc1cccc(-c2ccc([C@@H]3O[C@H](CSc4ncccc4C(=O)O)[C@H](C)[C@H](c4ccc(CO)cc4)O3)cc2)c1. The molecule has 1 fully saturated rings. The molecule has 3 aromatic carbocycles. The van der Waals surface area contributed by atoms with E-state index in [1.54, 1.807) is 18.3 Å². The van der Waals surface area contributed by atoms with E-state index in [0.717, 1.165) is 33.4 Å². The van der Waals surface area contributed by atoms with E-state index in [4.69, 9.17) is 9.47 Å². The van der Waals surface area contributed by atoms with Gasteiger partial charge in [-0.2, -0.15) is 0 Å². The highest BCUT2D eigenvalue weighted by molar-refractivity contribution is 7.99. The Labute approximate surface area is 255 Å². The van der Waals surface area contributed by atoms with Gasteiger partial charge in [0.2, 0.25) is 5.91 Å². The van der Waals surface area contributed by atoms with Gasteiger partial charge in [-0.05, 0) is 46.0 Å². The molecule has 0 bridgehead atoms. The maximum absolute atomic E-state index is 11.7. The molecule has 1 saturated heterocycles. The number of ether oxygens (including phenoxy) is 2. The Hall–Kier alpha value is -4.02. The molecule has 4 aromatic rings. The number of aliphatic hydroxyl groups excluding tert-OH is 1. The molecule has 1 aliphatic heterocycles. The molecule has 0 saturated carbocycles. The van der Waals surface area contributed by atoms with E-state index in [-0.39, 0.29) is 36.2 Å². The van der Waals surface area contributed by atoms with E-state index >= 15 is 0 Å². The minimum absolute atomic E-state index is 0.0369. The third-order valence-electron chi connectivity index (χ3n) is 7.49. The molecule has 0 spiro atoms. The zero-order valence-corrected chi connectivity index (χ0v) is 24.8. The number of hydrogen-bond donors (Lipinski definition) is 3. The Morgan fingerprint density at radius 1 is 0.907 bits per heavy atom. The molecule has 8 nitrogen and oxygen atoms in total. The van der Waals surface area contributed by atoms with Crippen LogP contribution in [0.1, 0.15) is 58.9 Å². The fraction of sp³-hybridized carbons (Fsp3) is 0.265. The summed E-state index contributed by atoms with van der Waals surface area (Å²) < 4.78 is 13.1. The maximum atomic E-state index is 11.7. The van der Waals surface area contributed by atoms with Crippen LogP contribution in [0.25, 0.3) is 11.1 Å². The van der Waals surface area contributed by atoms with Crippen molar-refractivity contribution in [3.05, 3.63) is 119 Å². The molecule has 43 heavy (non-hydrogen) atoms. The maximum Gasteiger partial charge on any atom is 0.338 e. The smallest absolute Gasteiger partial charge is 0.338 e. The molecule has 4 atom stereocenters. The zero-order chi connectivity index (χ0) is 30.3. The van der Waals surface area contributed by atoms with Gasteiger partial charge in [0.05, 0.1) is 24.4 Å². The Morgan fingerprint density at radius 2 is 1.65 bits per heavy atom. The zero-order valence-electron chi connectivity index (χ0n) is 24.0. The summed E-state index contributed by atoms with van der Waals surface area (Å²) in [7, 11) is 0. The van der Waals surface area contributed by atoms with Crippen LogP contribution < -0.4 is 5.32 Å². The summed E-state index contributed by atoms with van der Waals surface area (Å²) in [6, 6.07) is 27.0. The Balaban J connectivity index is 1.38. The molecule has 0 aliphatic carbocycles. The van der Waals surface area contributed by atoms with Crippen molar-refractivity contribution in [2.45, 2.75) is 50.5 Å².